The molecule has 4 N–H and O–H groups in total. The Morgan fingerprint density at radius 3 is 1.12 bits per heavy atom. The molecule has 3 aromatic rings. The van der Waals surface area contributed by atoms with Crippen molar-refractivity contribution in [2.45, 2.75) is 144 Å². The Labute approximate surface area is 335 Å². The van der Waals surface area contributed by atoms with Crippen molar-refractivity contribution in [1.29, 1.82) is 0 Å². The van der Waals surface area contributed by atoms with Crippen LogP contribution in [0.1, 0.15) is 133 Å². The lowest BCUT2D eigenvalue weighted by Crippen LogP contribution is -2.33. The molecule has 0 heterocycles. The molecule has 56 heavy (non-hydrogen) atoms. The number of hydrogen-bond acceptors (Lipinski definition) is 6. The van der Waals surface area contributed by atoms with Gasteiger partial charge in [-0.15, -0.1) is 0 Å². The van der Waals surface area contributed by atoms with Gasteiger partial charge < -0.3 is 30.7 Å². The molecule has 0 spiro atoms. The van der Waals surface area contributed by atoms with Gasteiger partial charge in [-0.05, 0) is 125 Å². The number of rotatable bonds is 14. The lowest BCUT2D eigenvalue weighted by molar-refractivity contribution is -0.117. The number of carbonyl (C=O) groups excluding carboxylic acids is 4. The van der Waals surface area contributed by atoms with E-state index in [1.165, 1.54) is 0 Å². The van der Waals surface area contributed by atoms with Crippen LogP contribution in [0.3, 0.4) is 0 Å². The molecule has 0 saturated carbocycles. The highest BCUT2D eigenvalue weighted by molar-refractivity contribution is 5.97. The van der Waals surface area contributed by atoms with Gasteiger partial charge in [0.1, 0.15) is 11.2 Å². The molecule has 0 unspecified atom stereocenters. The zero-order chi connectivity index (χ0) is 41.9. The van der Waals surface area contributed by atoms with Gasteiger partial charge in [-0.2, -0.15) is 0 Å². The molecule has 0 fully saturated rings. The topological polar surface area (TPSA) is 135 Å². The van der Waals surface area contributed by atoms with Crippen LogP contribution in [0.15, 0.2) is 60.7 Å². The Kier molecular flexibility index (Phi) is 15.7. The Hall–Kier alpha value is -4.86. The molecule has 0 bridgehead atoms. The average molecular weight is 771 g/mol. The predicted molar refractivity (Wildman–Crippen MR) is 228 cm³/mol. The molecule has 0 atom stereocenters. The van der Waals surface area contributed by atoms with Crippen LogP contribution in [0.4, 0.5) is 21.0 Å². The van der Waals surface area contributed by atoms with Crippen molar-refractivity contribution in [1.82, 2.24) is 10.6 Å². The molecule has 10 heteroatoms. The Bertz CT molecular complexity index is 1670. The predicted octanol–water partition coefficient (Wildman–Crippen LogP) is 10.9. The molecule has 0 aliphatic carbocycles. The summed E-state index contributed by atoms with van der Waals surface area (Å²) >= 11 is 0. The second-order valence-corrected chi connectivity index (χ2v) is 18.5. The Balaban J connectivity index is 1.77. The van der Waals surface area contributed by atoms with Gasteiger partial charge in [0, 0.05) is 48.4 Å². The fourth-order valence-electron chi connectivity index (χ4n) is 5.80. The maximum Gasteiger partial charge on any atom is 0.407 e. The number of amides is 4. The van der Waals surface area contributed by atoms with Crippen molar-refractivity contribution in [3.63, 3.8) is 0 Å². The lowest BCUT2D eigenvalue weighted by Gasteiger charge is -2.23. The minimum Gasteiger partial charge on any atom is -0.444 e. The van der Waals surface area contributed by atoms with E-state index < -0.39 is 23.4 Å². The maximum absolute atomic E-state index is 13.1. The SMILES string of the molecule is CC(C)(C)OC(=O)NCCCCC(=O)Nc1ccc(C(C)(C)C)cc1-c1ccc(-c2cc(C(C)(C)C)ccc2NC(=O)CCCCNC(=O)OC(C)(C)C)cc1. The van der Waals surface area contributed by atoms with Gasteiger partial charge in [0.25, 0.3) is 0 Å². The number of carbonyl (C=O) groups is 4. The molecule has 0 radical (unpaired) electrons. The van der Waals surface area contributed by atoms with E-state index in [9.17, 15) is 19.2 Å². The van der Waals surface area contributed by atoms with Crippen molar-refractivity contribution in [3.8, 4) is 22.3 Å². The summed E-state index contributed by atoms with van der Waals surface area (Å²) in [5.41, 5.74) is 6.16. The summed E-state index contributed by atoms with van der Waals surface area (Å²) in [6.07, 6.45) is 2.24. The van der Waals surface area contributed by atoms with Crippen LogP contribution in [-0.4, -0.2) is 48.3 Å². The highest BCUT2D eigenvalue weighted by Crippen LogP contribution is 2.37. The zero-order valence-electron chi connectivity index (χ0n) is 35.9. The van der Waals surface area contributed by atoms with E-state index in [1.54, 1.807) is 0 Å². The molecule has 10 nitrogen and oxygen atoms in total. The summed E-state index contributed by atoms with van der Waals surface area (Å²) in [6, 6.07) is 20.6. The van der Waals surface area contributed by atoms with Crippen LogP contribution in [0.5, 0.6) is 0 Å². The smallest absolute Gasteiger partial charge is 0.407 e. The van der Waals surface area contributed by atoms with Crippen LogP contribution in [0.2, 0.25) is 0 Å². The first-order valence-corrected chi connectivity index (χ1v) is 19.8. The van der Waals surface area contributed by atoms with E-state index in [0.717, 1.165) is 44.8 Å². The Morgan fingerprint density at radius 2 is 0.821 bits per heavy atom. The third kappa shape index (κ3) is 15.7. The number of unbranched alkanes of at least 4 members (excludes halogenated alkanes) is 2. The molecule has 0 aliphatic heterocycles. The molecule has 0 saturated heterocycles. The summed E-state index contributed by atoms with van der Waals surface area (Å²) in [6.45, 7) is 24.8. The normalized spacial score (nSPS) is 12.1. The summed E-state index contributed by atoms with van der Waals surface area (Å²) < 4.78 is 10.6. The molecule has 0 aromatic heterocycles. The monoisotopic (exact) mass is 770 g/mol. The van der Waals surface area contributed by atoms with Gasteiger partial charge in [-0.1, -0.05) is 77.9 Å². The van der Waals surface area contributed by atoms with Crippen molar-refractivity contribution >= 4 is 35.4 Å². The molecule has 0 aliphatic rings. The average Bonchev–Trinajstić information content (AvgIpc) is 3.06. The second kappa shape index (κ2) is 19.3. The fourth-order valence-corrected chi connectivity index (χ4v) is 5.80. The number of hydrogen-bond donors (Lipinski definition) is 4. The molecular formula is C46H66N4O6. The van der Waals surface area contributed by atoms with Crippen LogP contribution < -0.4 is 21.3 Å². The van der Waals surface area contributed by atoms with E-state index in [-0.39, 0.29) is 22.6 Å². The van der Waals surface area contributed by atoms with Crippen LogP contribution >= 0.6 is 0 Å². The molecular weight excluding hydrogens is 705 g/mol. The molecule has 306 valence electrons. The number of benzene rings is 3. The fraction of sp³-hybridized carbons (Fsp3) is 0.522. The first kappa shape index (κ1) is 45.5. The quantitative estimate of drug-likeness (QED) is 0.121. The third-order valence-corrected chi connectivity index (χ3v) is 8.82. The highest BCUT2D eigenvalue weighted by atomic mass is 16.6. The summed E-state index contributed by atoms with van der Waals surface area (Å²) in [5, 5.41) is 11.8. The highest BCUT2D eigenvalue weighted by Gasteiger charge is 2.21. The van der Waals surface area contributed by atoms with Crippen molar-refractivity contribution in [3.05, 3.63) is 71.8 Å². The van der Waals surface area contributed by atoms with Crippen molar-refractivity contribution < 1.29 is 28.7 Å². The van der Waals surface area contributed by atoms with Crippen LogP contribution in [0, 0.1) is 0 Å². The van der Waals surface area contributed by atoms with Gasteiger partial charge in [0.2, 0.25) is 11.8 Å². The number of ether oxygens (including phenoxy) is 2. The zero-order valence-corrected chi connectivity index (χ0v) is 35.9. The number of alkyl carbamates (subject to hydrolysis) is 2. The first-order valence-electron chi connectivity index (χ1n) is 19.8. The first-order chi connectivity index (χ1) is 25.9. The number of nitrogens with one attached hydrogen (secondary N) is 4. The van der Waals surface area contributed by atoms with E-state index in [4.69, 9.17) is 9.47 Å². The molecule has 4 amide bonds. The summed E-state index contributed by atoms with van der Waals surface area (Å²) in [7, 11) is 0. The number of anilines is 2. The largest absolute Gasteiger partial charge is 0.444 e. The van der Waals surface area contributed by atoms with E-state index >= 15 is 0 Å². The van der Waals surface area contributed by atoms with Crippen LogP contribution in [-0.2, 0) is 29.9 Å². The summed E-state index contributed by atoms with van der Waals surface area (Å²) in [4.78, 5) is 50.1. The molecule has 3 aromatic carbocycles. The van der Waals surface area contributed by atoms with Gasteiger partial charge in [-0.25, -0.2) is 9.59 Å². The van der Waals surface area contributed by atoms with Gasteiger partial charge >= 0.3 is 12.2 Å². The van der Waals surface area contributed by atoms with Gasteiger partial charge in [-0.3, -0.25) is 9.59 Å². The standard InChI is InChI=1S/C46H66N4O6/c1-43(2,3)33-23-25-37(49-39(51)17-13-15-27-47-41(53)55-45(7,8)9)35(29-33)31-19-21-32(22-20-31)36-30-34(44(4,5)6)24-26-38(36)50-40(52)18-14-16-28-48-42(54)56-46(10,11)12/h19-26,29-30H,13-18,27-28H2,1-12H3,(H,47,53)(H,48,54)(H,49,51)(H,50,52). The van der Waals surface area contributed by atoms with Crippen molar-refractivity contribution in [2.24, 2.45) is 0 Å². The van der Waals surface area contributed by atoms with Gasteiger partial charge in [0.15, 0.2) is 0 Å². The van der Waals surface area contributed by atoms with E-state index in [1.807, 2.05) is 53.7 Å². The maximum atomic E-state index is 13.1. The lowest BCUT2D eigenvalue weighted by atomic mass is 9.84. The van der Waals surface area contributed by atoms with Crippen LogP contribution in [0.25, 0.3) is 22.3 Å². The van der Waals surface area contributed by atoms with Crippen molar-refractivity contribution in [2.75, 3.05) is 23.7 Å². The van der Waals surface area contributed by atoms with Gasteiger partial charge in [0.05, 0.1) is 0 Å². The minimum absolute atomic E-state index is 0.0951. The minimum atomic E-state index is -0.561. The Morgan fingerprint density at radius 1 is 0.482 bits per heavy atom. The second-order valence-electron chi connectivity index (χ2n) is 18.5. The third-order valence-electron chi connectivity index (χ3n) is 8.82. The molecule has 3 rings (SSSR count). The summed E-state index contributed by atoms with van der Waals surface area (Å²) in [5.74, 6) is -0.190. The van der Waals surface area contributed by atoms with E-state index in [2.05, 4.69) is 111 Å². The van der Waals surface area contributed by atoms with E-state index in [0.29, 0.717) is 51.6 Å².